The molecule has 0 atom stereocenters. The molecule has 0 aliphatic carbocycles. The van der Waals surface area contributed by atoms with Crippen LogP contribution in [0.5, 0.6) is 0 Å². The minimum atomic E-state index is -0.191. The van der Waals surface area contributed by atoms with E-state index in [1.54, 1.807) is 0 Å². The van der Waals surface area contributed by atoms with Crippen LogP contribution >= 0.6 is 0 Å². The molecular weight excluding hydrogens is 276 g/mol. The minimum absolute atomic E-state index is 0.191. The van der Waals surface area contributed by atoms with Gasteiger partial charge in [-0.2, -0.15) is 0 Å². The predicted molar refractivity (Wildman–Crippen MR) is 92.5 cm³/mol. The van der Waals surface area contributed by atoms with Gasteiger partial charge in [-0.15, -0.1) is 0 Å². The molecule has 4 heteroatoms. The number of primary amides is 1. The van der Waals surface area contributed by atoms with Gasteiger partial charge in [-0.1, -0.05) is 64.7 Å². The van der Waals surface area contributed by atoms with E-state index in [4.69, 9.17) is 5.73 Å². The monoisotopic (exact) mass is 312 g/mol. The lowest BCUT2D eigenvalue weighted by atomic mass is 10.1. The summed E-state index contributed by atoms with van der Waals surface area (Å²) in [5.41, 5.74) is 5.09. The van der Waals surface area contributed by atoms with Crippen molar-refractivity contribution in [3.05, 3.63) is 0 Å². The molecule has 2 amide bonds. The van der Waals surface area contributed by atoms with Crippen LogP contribution in [-0.4, -0.2) is 18.4 Å². The predicted octanol–water partition coefficient (Wildman–Crippen LogP) is 4.07. The van der Waals surface area contributed by atoms with Crippen molar-refractivity contribution in [1.82, 2.24) is 5.32 Å². The first-order chi connectivity index (χ1) is 10.7. The third kappa shape index (κ3) is 17.0. The Kier molecular flexibility index (Phi) is 15.5. The van der Waals surface area contributed by atoms with Crippen LogP contribution in [0.4, 0.5) is 0 Å². The number of amides is 2. The molecule has 0 saturated heterocycles. The van der Waals surface area contributed by atoms with Crippen LogP contribution in [0.1, 0.15) is 96.8 Å². The average Bonchev–Trinajstić information content (AvgIpc) is 2.48. The lowest BCUT2D eigenvalue weighted by molar-refractivity contribution is -0.121. The van der Waals surface area contributed by atoms with Crippen molar-refractivity contribution in [3.63, 3.8) is 0 Å². The second-order valence-electron chi connectivity index (χ2n) is 6.21. The van der Waals surface area contributed by atoms with Gasteiger partial charge in [-0.25, -0.2) is 0 Å². The fourth-order valence-electron chi connectivity index (χ4n) is 2.51. The largest absolute Gasteiger partial charge is 0.370 e. The lowest BCUT2D eigenvalue weighted by Crippen LogP contribution is -2.23. The van der Waals surface area contributed by atoms with Crippen LogP contribution in [0.2, 0.25) is 0 Å². The molecule has 0 spiro atoms. The normalized spacial score (nSPS) is 10.6. The fraction of sp³-hybridized carbons (Fsp3) is 0.889. The Labute approximate surface area is 136 Å². The Hall–Kier alpha value is -1.06. The lowest BCUT2D eigenvalue weighted by Gasteiger charge is -2.05. The van der Waals surface area contributed by atoms with Gasteiger partial charge in [-0.05, 0) is 19.3 Å². The Morgan fingerprint density at radius 3 is 1.77 bits per heavy atom. The highest BCUT2D eigenvalue weighted by Crippen LogP contribution is 2.10. The highest BCUT2D eigenvalue weighted by Gasteiger charge is 2.00. The van der Waals surface area contributed by atoms with Crippen LogP contribution in [0.25, 0.3) is 0 Å². The quantitative estimate of drug-likeness (QED) is 0.422. The molecule has 0 bridgehead atoms. The number of nitrogens with one attached hydrogen (secondary N) is 1. The summed E-state index contributed by atoms with van der Waals surface area (Å²) in [6.07, 6.45) is 15.0. The smallest absolute Gasteiger partial charge is 0.219 e. The van der Waals surface area contributed by atoms with Gasteiger partial charge in [0.2, 0.25) is 11.8 Å². The zero-order valence-corrected chi connectivity index (χ0v) is 14.5. The molecule has 3 N–H and O–H groups in total. The van der Waals surface area contributed by atoms with Crippen molar-refractivity contribution in [3.8, 4) is 0 Å². The fourth-order valence-corrected chi connectivity index (χ4v) is 2.51. The summed E-state index contributed by atoms with van der Waals surface area (Å²) in [5, 5.41) is 3.00. The van der Waals surface area contributed by atoms with Crippen molar-refractivity contribution < 1.29 is 9.59 Å². The number of carbonyl (C=O) groups excluding carboxylic acids is 2. The number of hydrogen-bond donors (Lipinski definition) is 2. The van der Waals surface area contributed by atoms with Crippen LogP contribution < -0.4 is 11.1 Å². The highest BCUT2D eigenvalue weighted by atomic mass is 16.1. The summed E-state index contributed by atoms with van der Waals surface area (Å²) in [4.78, 5) is 22.2. The third-order valence-electron chi connectivity index (χ3n) is 3.93. The van der Waals surface area contributed by atoms with Crippen molar-refractivity contribution in [2.45, 2.75) is 96.8 Å². The first-order valence-electron chi connectivity index (χ1n) is 9.21. The van der Waals surface area contributed by atoms with Crippen LogP contribution in [0.3, 0.4) is 0 Å². The van der Waals surface area contributed by atoms with Crippen LogP contribution in [0.15, 0.2) is 0 Å². The maximum absolute atomic E-state index is 11.6. The zero-order valence-electron chi connectivity index (χ0n) is 14.5. The second kappa shape index (κ2) is 16.3. The summed E-state index contributed by atoms with van der Waals surface area (Å²) >= 11 is 0. The number of carbonyl (C=O) groups is 2. The molecule has 0 unspecified atom stereocenters. The van der Waals surface area contributed by atoms with E-state index < -0.39 is 0 Å². The van der Waals surface area contributed by atoms with E-state index in [0.29, 0.717) is 12.8 Å². The molecular formula is C18H36N2O2. The number of hydrogen-bond acceptors (Lipinski definition) is 2. The third-order valence-corrected chi connectivity index (χ3v) is 3.93. The van der Waals surface area contributed by atoms with Crippen molar-refractivity contribution in [2.75, 3.05) is 6.54 Å². The molecule has 0 rings (SSSR count). The molecule has 0 heterocycles. The second-order valence-corrected chi connectivity index (χ2v) is 6.21. The van der Waals surface area contributed by atoms with E-state index in [0.717, 1.165) is 38.6 Å². The van der Waals surface area contributed by atoms with Gasteiger partial charge in [0.1, 0.15) is 0 Å². The SMILES string of the molecule is CCCCCCNC(=O)CCCCCCCCCCC(N)=O. The Bertz CT molecular complexity index is 280. The van der Waals surface area contributed by atoms with Gasteiger partial charge < -0.3 is 11.1 Å². The summed E-state index contributed by atoms with van der Waals surface area (Å²) < 4.78 is 0. The van der Waals surface area contributed by atoms with E-state index in [1.165, 1.54) is 44.9 Å². The topological polar surface area (TPSA) is 72.2 Å². The molecule has 0 aliphatic heterocycles. The summed E-state index contributed by atoms with van der Waals surface area (Å²) in [6, 6.07) is 0. The first-order valence-corrected chi connectivity index (χ1v) is 9.21. The van der Waals surface area contributed by atoms with E-state index in [1.807, 2.05) is 0 Å². The van der Waals surface area contributed by atoms with Crippen LogP contribution in [-0.2, 0) is 9.59 Å². The van der Waals surface area contributed by atoms with E-state index >= 15 is 0 Å². The van der Waals surface area contributed by atoms with Gasteiger partial charge in [-0.3, -0.25) is 9.59 Å². The van der Waals surface area contributed by atoms with E-state index in [-0.39, 0.29) is 11.8 Å². The van der Waals surface area contributed by atoms with Crippen molar-refractivity contribution >= 4 is 11.8 Å². The maximum atomic E-state index is 11.6. The van der Waals surface area contributed by atoms with Gasteiger partial charge >= 0.3 is 0 Å². The van der Waals surface area contributed by atoms with Gasteiger partial charge in [0, 0.05) is 19.4 Å². The molecule has 0 radical (unpaired) electrons. The van der Waals surface area contributed by atoms with E-state index in [9.17, 15) is 9.59 Å². The van der Waals surface area contributed by atoms with Crippen LogP contribution in [0, 0.1) is 0 Å². The molecule has 0 aromatic heterocycles. The molecule has 22 heavy (non-hydrogen) atoms. The first kappa shape index (κ1) is 20.9. The number of nitrogens with two attached hydrogens (primary N) is 1. The molecule has 0 aromatic rings. The molecule has 0 saturated carbocycles. The Morgan fingerprint density at radius 2 is 1.23 bits per heavy atom. The van der Waals surface area contributed by atoms with Crippen molar-refractivity contribution in [2.24, 2.45) is 5.73 Å². The zero-order chi connectivity index (χ0) is 16.5. The Morgan fingerprint density at radius 1 is 0.727 bits per heavy atom. The summed E-state index contributed by atoms with van der Waals surface area (Å²) in [7, 11) is 0. The summed E-state index contributed by atoms with van der Waals surface area (Å²) in [5.74, 6) is 0.0200. The molecule has 0 fully saturated rings. The maximum Gasteiger partial charge on any atom is 0.219 e. The highest BCUT2D eigenvalue weighted by molar-refractivity contribution is 5.75. The Balaban J connectivity index is 3.15. The molecule has 0 aliphatic rings. The average molecular weight is 312 g/mol. The standard InChI is InChI=1S/C18H36N2O2/c1-2-3-4-13-16-20-18(22)15-12-10-8-6-5-7-9-11-14-17(19)21/h2-16H2,1H3,(H2,19,21)(H,20,22). The minimum Gasteiger partial charge on any atom is -0.370 e. The number of unbranched alkanes of at least 4 members (excludes halogenated alkanes) is 10. The van der Waals surface area contributed by atoms with Gasteiger partial charge in [0.05, 0.1) is 0 Å². The van der Waals surface area contributed by atoms with Crippen molar-refractivity contribution in [1.29, 1.82) is 0 Å². The van der Waals surface area contributed by atoms with Gasteiger partial charge in [0.25, 0.3) is 0 Å². The van der Waals surface area contributed by atoms with E-state index in [2.05, 4.69) is 12.2 Å². The summed E-state index contributed by atoms with van der Waals surface area (Å²) in [6.45, 7) is 3.03. The molecule has 0 aromatic carbocycles. The number of rotatable bonds is 16. The van der Waals surface area contributed by atoms with Gasteiger partial charge in [0.15, 0.2) is 0 Å². The molecule has 130 valence electrons. The molecule has 4 nitrogen and oxygen atoms in total.